The first kappa shape index (κ1) is 24.0. The van der Waals surface area contributed by atoms with Crippen LogP contribution in [0.5, 0.6) is 11.5 Å². The van der Waals surface area contributed by atoms with Gasteiger partial charge in [-0.15, -0.1) is 24.0 Å². The molecule has 0 aliphatic carbocycles. The fourth-order valence-corrected chi connectivity index (χ4v) is 2.59. The van der Waals surface area contributed by atoms with Crippen molar-refractivity contribution < 1.29 is 14.0 Å². The Kier molecular flexibility index (Phi) is 11.3. The van der Waals surface area contributed by atoms with Crippen molar-refractivity contribution in [2.75, 3.05) is 33.9 Å². The predicted molar refractivity (Wildman–Crippen MR) is 120 cm³/mol. The van der Waals surface area contributed by atoms with E-state index in [9.17, 15) is 0 Å². The van der Waals surface area contributed by atoms with Crippen molar-refractivity contribution in [1.29, 1.82) is 0 Å². The van der Waals surface area contributed by atoms with Gasteiger partial charge in [-0.3, -0.25) is 4.99 Å². The summed E-state index contributed by atoms with van der Waals surface area (Å²) in [7, 11) is 3.41. The number of halogens is 1. The van der Waals surface area contributed by atoms with E-state index in [2.05, 4.69) is 31.8 Å². The van der Waals surface area contributed by atoms with Gasteiger partial charge in [0, 0.05) is 26.6 Å². The average molecular weight is 503 g/mol. The average Bonchev–Trinajstić information content (AvgIpc) is 3.09. The molecular formula is C19H30IN5O3. The van der Waals surface area contributed by atoms with Crippen molar-refractivity contribution in [3.05, 3.63) is 35.5 Å². The second-order valence-corrected chi connectivity index (χ2v) is 5.93. The summed E-state index contributed by atoms with van der Waals surface area (Å²) in [6, 6.07) is 6.07. The minimum absolute atomic E-state index is 0. The molecule has 0 atom stereocenters. The molecule has 156 valence electrons. The summed E-state index contributed by atoms with van der Waals surface area (Å²) >= 11 is 0. The van der Waals surface area contributed by atoms with Gasteiger partial charge >= 0.3 is 0 Å². The van der Waals surface area contributed by atoms with Gasteiger partial charge < -0.3 is 24.6 Å². The lowest BCUT2D eigenvalue weighted by Gasteiger charge is -2.12. The van der Waals surface area contributed by atoms with Crippen molar-refractivity contribution in [2.24, 2.45) is 4.99 Å². The summed E-state index contributed by atoms with van der Waals surface area (Å²) in [5.74, 6) is 3.59. The van der Waals surface area contributed by atoms with Crippen LogP contribution in [0.15, 0.2) is 27.7 Å². The Bertz CT molecular complexity index is 736. The molecule has 0 fully saturated rings. The number of nitrogens with zero attached hydrogens (tertiary/aromatic N) is 3. The van der Waals surface area contributed by atoms with Crippen LogP contribution in [0.25, 0.3) is 0 Å². The van der Waals surface area contributed by atoms with Crippen LogP contribution in [0.1, 0.15) is 30.6 Å². The Labute approximate surface area is 183 Å². The number of hydrogen-bond donors (Lipinski definition) is 2. The number of nitrogens with one attached hydrogen (secondary N) is 2. The highest BCUT2D eigenvalue weighted by Gasteiger charge is 2.06. The van der Waals surface area contributed by atoms with Gasteiger partial charge in [0.15, 0.2) is 23.3 Å². The van der Waals surface area contributed by atoms with E-state index in [1.165, 1.54) is 5.56 Å². The Hall–Kier alpha value is -2.04. The molecule has 0 aliphatic heterocycles. The summed E-state index contributed by atoms with van der Waals surface area (Å²) in [6.45, 7) is 5.88. The van der Waals surface area contributed by atoms with Gasteiger partial charge in [-0.1, -0.05) is 11.2 Å². The fourth-order valence-electron chi connectivity index (χ4n) is 2.59. The monoisotopic (exact) mass is 503 g/mol. The standard InChI is InChI=1S/C19H29N5O3.HI/c1-5-26-17-13-15(8-9-16(17)25-4)7-6-11-21-19(20-3)22-12-10-18-23-14(2)24-27-18;/h8-9,13H,5-7,10-12H2,1-4H3,(H2,20,21,22);1H. The van der Waals surface area contributed by atoms with Gasteiger partial charge in [-0.05, 0) is 44.4 Å². The lowest BCUT2D eigenvalue weighted by Crippen LogP contribution is -2.38. The van der Waals surface area contributed by atoms with Crippen molar-refractivity contribution in [3.8, 4) is 11.5 Å². The Morgan fingerprint density at radius 2 is 1.96 bits per heavy atom. The van der Waals surface area contributed by atoms with Gasteiger partial charge in [-0.2, -0.15) is 4.98 Å². The van der Waals surface area contributed by atoms with E-state index < -0.39 is 0 Å². The lowest BCUT2D eigenvalue weighted by atomic mass is 10.1. The fraction of sp³-hybridized carbons (Fsp3) is 0.526. The number of ether oxygens (including phenoxy) is 2. The first-order valence-corrected chi connectivity index (χ1v) is 9.19. The number of aliphatic imine (C=N–C) groups is 1. The second-order valence-electron chi connectivity index (χ2n) is 5.93. The first-order valence-electron chi connectivity index (χ1n) is 9.19. The highest BCUT2D eigenvalue weighted by Crippen LogP contribution is 2.28. The smallest absolute Gasteiger partial charge is 0.228 e. The quantitative estimate of drug-likeness (QED) is 0.223. The first-order chi connectivity index (χ1) is 13.2. The van der Waals surface area contributed by atoms with Crippen molar-refractivity contribution in [1.82, 2.24) is 20.8 Å². The van der Waals surface area contributed by atoms with Crippen LogP contribution >= 0.6 is 24.0 Å². The highest BCUT2D eigenvalue weighted by molar-refractivity contribution is 14.0. The Balaban J connectivity index is 0.00000392. The molecule has 0 aliphatic rings. The molecule has 0 bridgehead atoms. The van der Waals surface area contributed by atoms with E-state index in [0.717, 1.165) is 36.8 Å². The van der Waals surface area contributed by atoms with E-state index in [4.69, 9.17) is 14.0 Å². The van der Waals surface area contributed by atoms with Gasteiger partial charge in [0.2, 0.25) is 5.89 Å². The molecule has 9 heteroatoms. The summed E-state index contributed by atoms with van der Waals surface area (Å²) in [6.07, 6.45) is 2.57. The molecule has 0 spiro atoms. The number of hydrogen-bond acceptors (Lipinski definition) is 6. The zero-order chi connectivity index (χ0) is 19.5. The summed E-state index contributed by atoms with van der Waals surface area (Å²) in [4.78, 5) is 8.40. The summed E-state index contributed by atoms with van der Waals surface area (Å²) in [5, 5.41) is 10.3. The van der Waals surface area contributed by atoms with E-state index in [1.54, 1.807) is 21.1 Å². The topological polar surface area (TPSA) is 93.8 Å². The van der Waals surface area contributed by atoms with Gasteiger partial charge in [-0.25, -0.2) is 0 Å². The highest BCUT2D eigenvalue weighted by atomic mass is 127. The lowest BCUT2D eigenvalue weighted by molar-refractivity contribution is 0.310. The van der Waals surface area contributed by atoms with Crippen LogP contribution < -0.4 is 20.1 Å². The van der Waals surface area contributed by atoms with Crippen molar-refractivity contribution >= 4 is 29.9 Å². The molecule has 28 heavy (non-hydrogen) atoms. The zero-order valence-electron chi connectivity index (χ0n) is 16.9. The van der Waals surface area contributed by atoms with Crippen LogP contribution in [-0.2, 0) is 12.8 Å². The molecule has 1 aromatic carbocycles. The SMILES string of the molecule is CCOc1cc(CCCNC(=NC)NCCc2nc(C)no2)ccc1OC.I. The van der Waals surface area contributed by atoms with Gasteiger partial charge in [0.05, 0.1) is 13.7 Å². The number of aryl methyl sites for hydroxylation is 2. The molecule has 0 saturated heterocycles. The number of benzene rings is 1. The minimum atomic E-state index is 0. The molecule has 0 amide bonds. The van der Waals surface area contributed by atoms with Gasteiger partial charge in [0.25, 0.3) is 0 Å². The van der Waals surface area contributed by atoms with Crippen LogP contribution in [0.4, 0.5) is 0 Å². The maximum Gasteiger partial charge on any atom is 0.228 e. The predicted octanol–water partition coefficient (Wildman–Crippen LogP) is 2.74. The molecule has 8 nitrogen and oxygen atoms in total. The van der Waals surface area contributed by atoms with Crippen LogP contribution in [-0.4, -0.2) is 50.0 Å². The van der Waals surface area contributed by atoms with Crippen LogP contribution in [0, 0.1) is 6.92 Å². The van der Waals surface area contributed by atoms with Crippen LogP contribution in [0.3, 0.4) is 0 Å². The second kappa shape index (κ2) is 13.2. The Morgan fingerprint density at radius 1 is 1.18 bits per heavy atom. The molecule has 2 rings (SSSR count). The largest absolute Gasteiger partial charge is 0.493 e. The molecule has 0 unspecified atom stereocenters. The molecule has 2 N–H and O–H groups in total. The normalized spacial score (nSPS) is 10.9. The maximum atomic E-state index is 5.63. The molecule has 2 aromatic rings. The number of aromatic nitrogens is 2. The molecule has 0 radical (unpaired) electrons. The summed E-state index contributed by atoms with van der Waals surface area (Å²) in [5.41, 5.74) is 1.22. The minimum Gasteiger partial charge on any atom is -0.493 e. The number of guanidine groups is 1. The third kappa shape index (κ3) is 7.91. The maximum absolute atomic E-state index is 5.63. The van der Waals surface area contributed by atoms with Crippen molar-refractivity contribution in [3.63, 3.8) is 0 Å². The number of methoxy groups -OCH3 is 1. The number of rotatable bonds is 10. The van der Waals surface area contributed by atoms with Crippen LogP contribution in [0.2, 0.25) is 0 Å². The molecular weight excluding hydrogens is 473 g/mol. The molecule has 0 saturated carbocycles. The van der Waals surface area contributed by atoms with E-state index in [0.29, 0.717) is 31.3 Å². The molecule has 1 aromatic heterocycles. The van der Waals surface area contributed by atoms with Crippen molar-refractivity contribution in [2.45, 2.75) is 33.1 Å². The summed E-state index contributed by atoms with van der Waals surface area (Å²) < 4.78 is 16.0. The van der Waals surface area contributed by atoms with E-state index in [1.807, 2.05) is 19.1 Å². The third-order valence-electron chi connectivity index (χ3n) is 3.89. The van der Waals surface area contributed by atoms with E-state index in [-0.39, 0.29) is 24.0 Å². The zero-order valence-corrected chi connectivity index (χ0v) is 19.3. The van der Waals surface area contributed by atoms with E-state index >= 15 is 0 Å². The Morgan fingerprint density at radius 3 is 2.61 bits per heavy atom. The molecule has 1 heterocycles. The third-order valence-corrected chi connectivity index (χ3v) is 3.89. The van der Waals surface area contributed by atoms with Gasteiger partial charge in [0.1, 0.15) is 0 Å².